The van der Waals surface area contributed by atoms with E-state index in [0.29, 0.717) is 0 Å². The molecule has 0 aliphatic carbocycles. The van der Waals surface area contributed by atoms with Crippen LogP contribution in [-0.2, 0) is 0 Å². The van der Waals surface area contributed by atoms with Gasteiger partial charge in [-0.1, -0.05) is 0 Å². The molecule has 0 aliphatic heterocycles. The van der Waals surface area contributed by atoms with E-state index in [4.69, 9.17) is 0 Å². The van der Waals surface area contributed by atoms with E-state index in [9.17, 15) is 10.2 Å². The Hall–Kier alpha value is -1.26. The van der Waals surface area contributed by atoms with Gasteiger partial charge in [0.1, 0.15) is 11.5 Å². The molecule has 4 heteroatoms. The minimum Gasteiger partial charge on any atom is -0.508 e. The van der Waals surface area contributed by atoms with Crippen molar-refractivity contribution in [3.05, 3.63) is 23.8 Å². The summed E-state index contributed by atoms with van der Waals surface area (Å²) in [5, 5.41) is 22.3. The van der Waals surface area contributed by atoms with Gasteiger partial charge in [0.25, 0.3) is 0 Å². The fourth-order valence-electron chi connectivity index (χ4n) is 1.81. The number of benzene rings is 1. The zero-order chi connectivity index (χ0) is 12.8. The topological polar surface area (TPSA) is 55.7 Å². The highest BCUT2D eigenvalue weighted by atomic mass is 16.3. The van der Waals surface area contributed by atoms with Crippen molar-refractivity contribution in [1.29, 1.82) is 0 Å². The number of hydrogen-bond acceptors (Lipinski definition) is 4. The van der Waals surface area contributed by atoms with Crippen molar-refractivity contribution in [2.75, 3.05) is 27.2 Å². The molecular weight excluding hydrogens is 216 g/mol. The zero-order valence-corrected chi connectivity index (χ0v) is 10.8. The largest absolute Gasteiger partial charge is 0.508 e. The van der Waals surface area contributed by atoms with Crippen LogP contribution in [0.1, 0.15) is 24.9 Å². The van der Waals surface area contributed by atoms with Crippen LogP contribution in [0.5, 0.6) is 11.5 Å². The molecule has 0 aromatic heterocycles. The van der Waals surface area contributed by atoms with Crippen LogP contribution in [-0.4, -0.2) is 42.3 Å². The van der Waals surface area contributed by atoms with Gasteiger partial charge in [-0.05, 0) is 58.7 Å². The molecule has 0 aliphatic rings. The third-order valence-corrected chi connectivity index (χ3v) is 3.06. The Balaban J connectivity index is 2.67. The van der Waals surface area contributed by atoms with Crippen LogP contribution in [0.4, 0.5) is 0 Å². The summed E-state index contributed by atoms with van der Waals surface area (Å²) >= 11 is 0. The molecule has 0 saturated carbocycles. The first-order valence-electron chi connectivity index (χ1n) is 5.93. The van der Waals surface area contributed by atoms with Crippen LogP contribution in [0.2, 0.25) is 0 Å². The molecule has 0 saturated heterocycles. The van der Waals surface area contributed by atoms with Crippen LogP contribution in [0.3, 0.4) is 0 Å². The van der Waals surface area contributed by atoms with Crippen molar-refractivity contribution >= 4 is 0 Å². The Kier molecular flexibility index (Phi) is 5.25. The lowest BCUT2D eigenvalue weighted by molar-refractivity contribution is 0.252. The molecule has 3 N–H and O–H groups in total. The molecule has 0 radical (unpaired) electrons. The van der Waals surface area contributed by atoms with Gasteiger partial charge >= 0.3 is 0 Å². The smallest absolute Gasteiger partial charge is 0.120 e. The minimum absolute atomic E-state index is 0.0824. The molecule has 1 aromatic carbocycles. The van der Waals surface area contributed by atoms with Crippen molar-refractivity contribution in [1.82, 2.24) is 10.2 Å². The molecule has 96 valence electrons. The fraction of sp³-hybridized carbons (Fsp3) is 0.538. The predicted octanol–water partition coefficient (Wildman–Crippen LogP) is 1.70. The molecule has 1 atom stereocenters. The van der Waals surface area contributed by atoms with E-state index >= 15 is 0 Å². The lowest BCUT2D eigenvalue weighted by Gasteiger charge is -2.25. The molecule has 0 bridgehead atoms. The highest BCUT2D eigenvalue weighted by Gasteiger charge is 2.15. The van der Waals surface area contributed by atoms with Crippen molar-refractivity contribution in [2.24, 2.45) is 0 Å². The van der Waals surface area contributed by atoms with E-state index in [1.165, 1.54) is 12.1 Å². The summed E-state index contributed by atoms with van der Waals surface area (Å²) in [7, 11) is 3.95. The average Bonchev–Trinajstić information content (AvgIpc) is 2.31. The van der Waals surface area contributed by atoms with Crippen molar-refractivity contribution in [3.63, 3.8) is 0 Å². The maximum absolute atomic E-state index is 9.78. The van der Waals surface area contributed by atoms with E-state index in [0.717, 1.165) is 25.1 Å². The van der Waals surface area contributed by atoms with E-state index in [1.54, 1.807) is 6.07 Å². The normalized spacial score (nSPS) is 12.9. The van der Waals surface area contributed by atoms with Gasteiger partial charge in [0, 0.05) is 11.6 Å². The van der Waals surface area contributed by atoms with E-state index in [-0.39, 0.29) is 17.5 Å². The number of nitrogens with zero attached hydrogens (tertiary/aromatic N) is 1. The first-order valence-corrected chi connectivity index (χ1v) is 5.93. The average molecular weight is 238 g/mol. The van der Waals surface area contributed by atoms with Crippen LogP contribution in [0.15, 0.2) is 18.2 Å². The second-order valence-corrected chi connectivity index (χ2v) is 4.36. The SMILES string of the molecule is CNCCCN(C)C(C)c1cc(O)ccc1O. The summed E-state index contributed by atoms with van der Waals surface area (Å²) in [5.74, 6) is 0.420. The second-order valence-electron chi connectivity index (χ2n) is 4.36. The summed E-state index contributed by atoms with van der Waals surface area (Å²) in [5.41, 5.74) is 0.761. The molecule has 4 nitrogen and oxygen atoms in total. The standard InChI is InChI=1S/C13H22N2O2/c1-10(15(3)8-4-7-14-2)12-9-11(16)5-6-13(12)17/h5-6,9-10,14,16-17H,4,7-8H2,1-3H3. The van der Waals surface area contributed by atoms with Gasteiger partial charge < -0.3 is 15.5 Å². The third kappa shape index (κ3) is 3.91. The van der Waals surface area contributed by atoms with E-state index < -0.39 is 0 Å². The summed E-state index contributed by atoms with van der Waals surface area (Å²) in [4.78, 5) is 2.16. The molecule has 0 spiro atoms. The molecule has 1 rings (SSSR count). The Morgan fingerprint density at radius 2 is 2.06 bits per heavy atom. The van der Waals surface area contributed by atoms with Crippen LogP contribution < -0.4 is 5.32 Å². The first kappa shape index (κ1) is 13.8. The molecule has 1 unspecified atom stereocenters. The minimum atomic E-state index is 0.0824. The highest BCUT2D eigenvalue weighted by molar-refractivity contribution is 5.40. The van der Waals surface area contributed by atoms with Crippen molar-refractivity contribution in [2.45, 2.75) is 19.4 Å². The maximum atomic E-state index is 9.78. The quantitative estimate of drug-likeness (QED) is 0.521. The molecule has 1 aromatic rings. The van der Waals surface area contributed by atoms with Gasteiger partial charge in [-0.25, -0.2) is 0 Å². The van der Waals surface area contributed by atoms with E-state index in [1.807, 2.05) is 21.0 Å². The number of phenolic OH excluding ortho intramolecular Hbond substituents is 2. The summed E-state index contributed by atoms with van der Waals surface area (Å²) in [6.07, 6.45) is 1.05. The van der Waals surface area contributed by atoms with Gasteiger partial charge in [0.05, 0.1) is 0 Å². The third-order valence-electron chi connectivity index (χ3n) is 3.06. The lowest BCUT2D eigenvalue weighted by Crippen LogP contribution is -2.25. The summed E-state index contributed by atoms with van der Waals surface area (Å²) in [6, 6.07) is 4.72. The predicted molar refractivity (Wildman–Crippen MR) is 69.4 cm³/mol. The molecule has 0 heterocycles. The highest BCUT2D eigenvalue weighted by Crippen LogP contribution is 2.30. The number of aromatic hydroxyl groups is 2. The number of nitrogens with one attached hydrogen (secondary N) is 1. The summed E-state index contributed by atoms with van der Waals surface area (Å²) < 4.78 is 0. The van der Waals surface area contributed by atoms with Crippen LogP contribution >= 0.6 is 0 Å². The fourth-order valence-corrected chi connectivity index (χ4v) is 1.81. The van der Waals surface area contributed by atoms with Crippen LogP contribution in [0.25, 0.3) is 0 Å². The van der Waals surface area contributed by atoms with Crippen molar-refractivity contribution < 1.29 is 10.2 Å². The number of rotatable bonds is 6. The van der Waals surface area contributed by atoms with Gasteiger partial charge in [-0.15, -0.1) is 0 Å². The Labute approximate surface area is 103 Å². The first-order chi connectivity index (χ1) is 8.06. The molecule has 17 heavy (non-hydrogen) atoms. The number of phenols is 2. The lowest BCUT2D eigenvalue weighted by atomic mass is 10.1. The second kappa shape index (κ2) is 6.47. The Bertz CT molecular complexity index is 355. The van der Waals surface area contributed by atoms with E-state index in [2.05, 4.69) is 10.2 Å². The molecule has 0 amide bonds. The zero-order valence-electron chi connectivity index (χ0n) is 10.8. The van der Waals surface area contributed by atoms with Gasteiger partial charge in [0.15, 0.2) is 0 Å². The van der Waals surface area contributed by atoms with Gasteiger partial charge in [-0.3, -0.25) is 4.90 Å². The van der Waals surface area contributed by atoms with Crippen molar-refractivity contribution in [3.8, 4) is 11.5 Å². The monoisotopic (exact) mass is 238 g/mol. The van der Waals surface area contributed by atoms with Crippen LogP contribution in [0, 0.1) is 0 Å². The molecular formula is C13H22N2O2. The van der Waals surface area contributed by atoms with Gasteiger partial charge in [0.2, 0.25) is 0 Å². The van der Waals surface area contributed by atoms with Gasteiger partial charge in [-0.2, -0.15) is 0 Å². The Morgan fingerprint density at radius 3 is 2.71 bits per heavy atom. The number of hydrogen-bond donors (Lipinski definition) is 3. The molecule has 0 fully saturated rings. The maximum Gasteiger partial charge on any atom is 0.120 e. The Morgan fingerprint density at radius 1 is 1.35 bits per heavy atom. The summed E-state index contributed by atoms with van der Waals surface area (Å²) in [6.45, 7) is 3.94.